The minimum absolute atomic E-state index is 0.00503. The lowest BCUT2D eigenvalue weighted by Gasteiger charge is -2.17. The van der Waals surface area contributed by atoms with Crippen molar-refractivity contribution in [2.75, 3.05) is 26.7 Å². The Morgan fingerprint density at radius 3 is 2.52 bits per heavy atom. The molecule has 2 rings (SSSR count). The predicted molar refractivity (Wildman–Crippen MR) is 108 cm³/mol. The lowest BCUT2D eigenvalue weighted by molar-refractivity contribution is -0.130. The van der Waals surface area contributed by atoms with Crippen LogP contribution in [0.15, 0.2) is 48.5 Å². The quantitative estimate of drug-likeness (QED) is 0.636. The van der Waals surface area contributed by atoms with Crippen LogP contribution in [0.3, 0.4) is 0 Å². The van der Waals surface area contributed by atoms with E-state index in [0.29, 0.717) is 53.9 Å². The summed E-state index contributed by atoms with van der Waals surface area (Å²) in [6.07, 6.45) is 0.923. The van der Waals surface area contributed by atoms with Crippen molar-refractivity contribution in [2.24, 2.45) is 0 Å². The number of halogens is 2. The highest BCUT2D eigenvalue weighted by Gasteiger charge is 2.09. The molecule has 2 aromatic rings. The SMILES string of the molecule is CN(CCOc1cccc(Cl)c1)C(=O)CCCNC(=O)c1ccc(Cl)cc1. The van der Waals surface area contributed by atoms with Crippen LogP contribution in [-0.4, -0.2) is 43.5 Å². The first-order chi connectivity index (χ1) is 13.0. The molecule has 0 aliphatic heterocycles. The van der Waals surface area contributed by atoms with Crippen molar-refractivity contribution in [3.05, 3.63) is 64.1 Å². The summed E-state index contributed by atoms with van der Waals surface area (Å²) in [5.41, 5.74) is 0.543. The van der Waals surface area contributed by atoms with Crippen molar-refractivity contribution in [1.82, 2.24) is 10.2 Å². The van der Waals surface area contributed by atoms with Crippen LogP contribution in [-0.2, 0) is 4.79 Å². The van der Waals surface area contributed by atoms with Gasteiger partial charge in [-0.3, -0.25) is 9.59 Å². The van der Waals surface area contributed by atoms with E-state index in [1.807, 2.05) is 12.1 Å². The summed E-state index contributed by atoms with van der Waals surface area (Å²) in [6.45, 7) is 1.29. The molecule has 0 atom stereocenters. The number of rotatable bonds is 9. The molecule has 5 nitrogen and oxygen atoms in total. The number of ether oxygens (including phenoxy) is 1. The Bertz CT molecular complexity index is 766. The van der Waals surface area contributed by atoms with Crippen LogP contribution < -0.4 is 10.1 Å². The van der Waals surface area contributed by atoms with Crippen LogP contribution in [0, 0.1) is 0 Å². The maximum absolute atomic E-state index is 12.1. The summed E-state index contributed by atoms with van der Waals surface area (Å²) in [4.78, 5) is 25.7. The van der Waals surface area contributed by atoms with Crippen molar-refractivity contribution < 1.29 is 14.3 Å². The average Bonchev–Trinajstić information content (AvgIpc) is 2.65. The Balaban J connectivity index is 1.61. The van der Waals surface area contributed by atoms with E-state index in [4.69, 9.17) is 27.9 Å². The molecule has 27 heavy (non-hydrogen) atoms. The Morgan fingerprint density at radius 2 is 1.81 bits per heavy atom. The van der Waals surface area contributed by atoms with Crippen LogP contribution in [0.5, 0.6) is 5.75 Å². The number of nitrogens with one attached hydrogen (secondary N) is 1. The molecular weight excluding hydrogens is 387 g/mol. The molecule has 0 fully saturated rings. The Labute approximate surface area is 169 Å². The third-order valence-electron chi connectivity index (χ3n) is 3.88. The zero-order valence-electron chi connectivity index (χ0n) is 15.1. The van der Waals surface area contributed by atoms with Crippen molar-refractivity contribution in [3.63, 3.8) is 0 Å². The number of nitrogens with zero attached hydrogens (tertiary/aromatic N) is 1. The van der Waals surface area contributed by atoms with Gasteiger partial charge < -0.3 is 15.0 Å². The molecule has 7 heteroatoms. The lowest BCUT2D eigenvalue weighted by Crippen LogP contribution is -2.32. The maximum Gasteiger partial charge on any atom is 0.251 e. The summed E-state index contributed by atoms with van der Waals surface area (Å²) in [5, 5.41) is 3.98. The Kier molecular flexibility index (Phi) is 8.43. The molecule has 0 unspecified atom stereocenters. The molecule has 0 saturated heterocycles. The van der Waals surface area contributed by atoms with Crippen LogP contribution in [0.25, 0.3) is 0 Å². The molecule has 0 bridgehead atoms. The van der Waals surface area contributed by atoms with Gasteiger partial charge in [0.1, 0.15) is 12.4 Å². The fraction of sp³-hybridized carbons (Fsp3) is 0.300. The van der Waals surface area contributed by atoms with Crippen molar-refractivity contribution in [3.8, 4) is 5.75 Å². The van der Waals surface area contributed by atoms with Crippen LogP contribution in [0.1, 0.15) is 23.2 Å². The Hall–Kier alpha value is -2.24. The fourth-order valence-corrected chi connectivity index (χ4v) is 2.62. The maximum atomic E-state index is 12.1. The molecule has 0 saturated carbocycles. The van der Waals surface area contributed by atoms with E-state index in [2.05, 4.69) is 5.32 Å². The number of carbonyl (C=O) groups excluding carboxylic acids is 2. The van der Waals surface area contributed by atoms with E-state index >= 15 is 0 Å². The zero-order chi connectivity index (χ0) is 19.6. The number of hydrogen-bond acceptors (Lipinski definition) is 3. The van der Waals surface area contributed by atoms with Crippen molar-refractivity contribution >= 4 is 35.0 Å². The van der Waals surface area contributed by atoms with Gasteiger partial charge >= 0.3 is 0 Å². The smallest absolute Gasteiger partial charge is 0.251 e. The molecule has 1 N–H and O–H groups in total. The number of carbonyl (C=O) groups is 2. The van der Waals surface area contributed by atoms with Gasteiger partial charge in [0.05, 0.1) is 6.54 Å². The third-order valence-corrected chi connectivity index (χ3v) is 4.36. The van der Waals surface area contributed by atoms with E-state index in [9.17, 15) is 9.59 Å². The van der Waals surface area contributed by atoms with Crippen molar-refractivity contribution in [1.29, 1.82) is 0 Å². The van der Waals surface area contributed by atoms with Crippen LogP contribution in [0.2, 0.25) is 10.0 Å². The second-order valence-corrected chi connectivity index (χ2v) is 6.86. The first-order valence-corrected chi connectivity index (χ1v) is 9.37. The minimum atomic E-state index is -0.178. The summed E-state index contributed by atoms with van der Waals surface area (Å²) in [5.74, 6) is 0.501. The van der Waals surface area contributed by atoms with Crippen LogP contribution >= 0.6 is 23.2 Å². The molecule has 2 aromatic carbocycles. The number of likely N-dealkylation sites (N-methyl/N-ethyl adjacent to an activating group) is 1. The highest BCUT2D eigenvalue weighted by molar-refractivity contribution is 6.31. The largest absolute Gasteiger partial charge is 0.492 e. The first kappa shape index (κ1) is 21.1. The molecule has 2 amide bonds. The first-order valence-electron chi connectivity index (χ1n) is 8.62. The van der Waals surface area contributed by atoms with Gasteiger partial charge in [-0.2, -0.15) is 0 Å². The van der Waals surface area contributed by atoms with Gasteiger partial charge in [-0.25, -0.2) is 0 Å². The monoisotopic (exact) mass is 408 g/mol. The molecule has 0 heterocycles. The molecule has 0 aliphatic rings. The normalized spacial score (nSPS) is 10.3. The zero-order valence-corrected chi connectivity index (χ0v) is 16.6. The highest BCUT2D eigenvalue weighted by atomic mass is 35.5. The predicted octanol–water partition coefficient (Wildman–Crippen LogP) is 4.04. The van der Waals surface area contributed by atoms with E-state index in [1.165, 1.54) is 0 Å². The highest BCUT2D eigenvalue weighted by Crippen LogP contribution is 2.17. The topological polar surface area (TPSA) is 58.6 Å². The van der Waals surface area contributed by atoms with E-state index in [0.717, 1.165) is 0 Å². The second kappa shape index (κ2) is 10.8. The summed E-state index contributed by atoms with van der Waals surface area (Å²) in [7, 11) is 1.73. The molecule has 0 spiro atoms. The molecule has 0 aromatic heterocycles. The lowest BCUT2D eigenvalue weighted by atomic mass is 10.2. The van der Waals surface area contributed by atoms with E-state index in [1.54, 1.807) is 48.3 Å². The minimum Gasteiger partial charge on any atom is -0.492 e. The van der Waals surface area contributed by atoms with Crippen LogP contribution in [0.4, 0.5) is 0 Å². The number of hydrogen-bond donors (Lipinski definition) is 1. The van der Waals surface area contributed by atoms with Gasteiger partial charge in [0.25, 0.3) is 5.91 Å². The van der Waals surface area contributed by atoms with E-state index in [-0.39, 0.29) is 11.8 Å². The molecule has 0 radical (unpaired) electrons. The second-order valence-electron chi connectivity index (χ2n) is 5.99. The number of benzene rings is 2. The average molecular weight is 409 g/mol. The van der Waals surface area contributed by atoms with Gasteiger partial charge in [0.2, 0.25) is 5.91 Å². The van der Waals surface area contributed by atoms with E-state index < -0.39 is 0 Å². The van der Waals surface area contributed by atoms with Gasteiger partial charge in [0, 0.05) is 35.6 Å². The number of amides is 2. The van der Waals surface area contributed by atoms with Gasteiger partial charge in [-0.1, -0.05) is 29.3 Å². The van der Waals surface area contributed by atoms with Gasteiger partial charge in [0.15, 0.2) is 0 Å². The standard InChI is InChI=1S/C20H22Cl2N2O3/c1-24(12-13-27-18-5-2-4-17(22)14-18)19(25)6-3-11-23-20(26)15-7-9-16(21)10-8-15/h2,4-5,7-10,14H,3,6,11-13H2,1H3,(H,23,26). The Morgan fingerprint density at radius 1 is 1.07 bits per heavy atom. The summed E-state index contributed by atoms with van der Waals surface area (Å²) < 4.78 is 5.58. The molecular formula is C20H22Cl2N2O3. The van der Waals surface area contributed by atoms with Gasteiger partial charge in [-0.05, 0) is 48.9 Å². The van der Waals surface area contributed by atoms with Gasteiger partial charge in [-0.15, -0.1) is 0 Å². The molecule has 0 aliphatic carbocycles. The fourth-order valence-electron chi connectivity index (χ4n) is 2.32. The molecule has 144 valence electrons. The summed E-state index contributed by atoms with van der Waals surface area (Å²) in [6, 6.07) is 13.8. The summed E-state index contributed by atoms with van der Waals surface area (Å²) >= 11 is 11.7. The third kappa shape index (κ3) is 7.49. The van der Waals surface area contributed by atoms with Crippen molar-refractivity contribution in [2.45, 2.75) is 12.8 Å².